The zero-order valence-electron chi connectivity index (χ0n) is 35.8. The van der Waals surface area contributed by atoms with Crippen LogP contribution in [0, 0.1) is 51.4 Å². The van der Waals surface area contributed by atoms with Gasteiger partial charge in [-0.1, -0.05) is 0 Å². The monoisotopic (exact) mass is 1020 g/mol. The summed E-state index contributed by atoms with van der Waals surface area (Å²) in [4.78, 5) is 13.3. The second-order valence-electron chi connectivity index (χ2n) is 15.7. The summed E-state index contributed by atoms with van der Waals surface area (Å²) < 4.78 is 157. The Morgan fingerprint density at radius 2 is 0.625 bits per heavy atom. The summed E-state index contributed by atoms with van der Waals surface area (Å²) in [6.45, 7) is 0. The lowest BCUT2D eigenvalue weighted by Gasteiger charge is -2.13. The molecule has 18 nitrogen and oxygen atoms in total. The minimum atomic E-state index is -4.79. The first-order valence-corrected chi connectivity index (χ1v) is 24.8. The Balaban J connectivity index is 1.50. The van der Waals surface area contributed by atoms with Crippen LogP contribution in [-0.2, 0) is 30.4 Å². The first kappa shape index (κ1) is 46.7. The van der Waals surface area contributed by atoms with Gasteiger partial charge in [-0.2, -0.15) is 41.0 Å². The van der Waals surface area contributed by atoms with Crippen LogP contribution in [0.4, 0.5) is 13.2 Å². The molecule has 7 aromatic carbocycles. The highest BCUT2D eigenvalue weighted by atomic mass is 32.2. The molecule has 0 fully saturated rings. The lowest BCUT2D eigenvalue weighted by Crippen LogP contribution is -2.03. The average Bonchev–Trinajstić information content (AvgIpc) is 4.05. The SMILES string of the molecule is N#Cc1ccc(-c2nc3c(c4nc(-c5ccc(C#N)cc5F)n(-c5ccc(S(=O)(=O)O)cc5)c4c4nc(-c5ccc(C#N)cc5F)n(-c5ccc(S(=O)(=O)O)cc5)c34)n2-c2ccc(S(=O)(=O)O)cc2)c(F)c1. The van der Waals surface area contributed by atoms with E-state index in [4.69, 9.17) is 15.0 Å². The predicted molar refractivity (Wildman–Crippen MR) is 250 cm³/mol. The van der Waals surface area contributed by atoms with Gasteiger partial charge in [0, 0.05) is 17.1 Å². The molecule has 10 rings (SSSR count). The lowest BCUT2D eigenvalue weighted by atomic mass is 10.1. The van der Waals surface area contributed by atoms with Crippen molar-refractivity contribution < 1.29 is 52.1 Å². The molecule has 10 aromatic rings. The minimum Gasteiger partial charge on any atom is -0.290 e. The van der Waals surface area contributed by atoms with E-state index in [1.807, 2.05) is 18.2 Å². The molecule has 3 aromatic heterocycles. The summed E-state index contributed by atoms with van der Waals surface area (Å²) in [5, 5.41) is 29.0. The molecule has 0 atom stereocenters. The third-order valence-electron chi connectivity index (χ3n) is 11.5. The Bertz CT molecular complexity index is 4000. The van der Waals surface area contributed by atoms with Crippen molar-refractivity contribution in [1.29, 1.82) is 15.8 Å². The lowest BCUT2D eigenvalue weighted by molar-refractivity contribution is 0.481. The van der Waals surface area contributed by atoms with Gasteiger partial charge in [-0.25, -0.2) is 28.1 Å². The predicted octanol–water partition coefficient (Wildman–Crippen LogP) is 8.48. The maximum absolute atomic E-state index is 16.5. The van der Waals surface area contributed by atoms with E-state index in [-0.39, 0.29) is 101 Å². The molecule has 0 bridgehead atoms. The number of hydrogen-bond donors (Lipinski definition) is 3. The van der Waals surface area contributed by atoms with E-state index in [0.29, 0.717) is 0 Å². The van der Waals surface area contributed by atoms with Gasteiger partial charge >= 0.3 is 0 Å². The topological polar surface area (TPSA) is 288 Å². The number of rotatable bonds is 9. The molecular formula is C48H24F3N9O9S3. The van der Waals surface area contributed by atoms with Crippen molar-refractivity contribution in [3.05, 3.63) is 162 Å². The summed E-state index contributed by atoms with van der Waals surface area (Å²) in [6.07, 6.45) is 0. The van der Waals surface area contributed by atoms with Crippen molar-refractivity contribution in [2.75, 3.05) is 0 Å². The van der Waals surface area contributed by atoms with Crippen LogP contribution in [0.1, 0.15) is 16.7 Å². The largest absolute Gasteiger partial charge is 0.294 e. The van der Waals surface area contributed by atoms with Crippen molar-refractivity contribution in [1.82, 2.24) is 28.7 Å². The van der Waals surface area contributed by atoms with Gasteiger partial charge < -0.3 is 0 Å². The van der Waals surface area contributed by atoms with Crippen LogP contribution in [0.25, 0.3) is 84.3 Å². The Morgan fingerprint density at radius 3 is 0.819 bits per heavy atom. The van der Waals surface area contributed by atoms with Crippen LogP contribution >= 0.6 is 0 Å². The van der Waals surface area contributed by atoms with E-state index in [0.717, 1.165) is 54.6 Å². The van der Waals surface area contributed by atoms with Crippen molar-refractivity contribution in [3.63, 3.8) is 0 Å². The van der Waals surface area contributed by atoms with Gasteiger partial charge in [0.15, 0.2) is 0 Å². The Morgan fingerprint density at radius 1 is 0.389 bits per heavy atom. The van der Waals surface area contributed by atoms with Crippen LogP contribution < -0.4 is 0 Å². The Hall–Kier alpha value is -9.06. The smallest absolute Gasteiger partial charge is 0.290 e. The fourth-order valence-electron chi connectivity index (χ4n) is 8.31. The van der Waals surface area contributed by atoms with E-state index < -0.39 is 62.5 Å². The maximum Gasteiger partial charge on any atom is 0.294 e. The molecule has 72 heavy (non-hydrogen) atoms. The summed E-state index contributed by atoms with van der Waals surface area (Å²) in [5.74, 6) is -3.69. The molecule has 0 spiro atoms. The van der Waals surface area contributed by atoms with Crippen molar-refractivity contribution >= 4 is 63.5 Å². The molecule has 0 aliphatic carbocycles. The minimum absolute atomic E-state index is 0.0319. The second kappa shape index (κ2) is 16.8. The summed E-state index contributed by atoms with van der Waals surface area (Å²) in [5.41, 5.74) is -1.61. The summed E-state index contributed by atoms with van der Waals surface area (Å²) >= 11 is 0. The zero-order valence-corrected chi connectivity index (χ0v) is 38.2. The molecule has 0 saturated carbocycles. The molecule has 0 aliphatic heterocycles. The van der Waals surface area contributed by atoms with Gasteiger partial charge in [-0.15, -0.1) is 0 Å². The number of hydrogen-bond acceptors (Lipinski definition) is 12. The van der Waals surface area contributed by atoms with Gasteiger partial charge in [0.05, 0.1) is 66.3 Å². The van der Waals surface area contributed by atoms with E-state index in [1.54, 1.807) is 0 Å². The molecule has 24 heteroatoms. The average molecular weight is 1020 g/mol. The van der Waals surface area contributed by atoms with Crippen molar-refractivity contribution in [2.24, 2.45) is 0 Å². The number of halogens is 3. The standard InChI is InChI=1S/C48H24F3N9O9S3/c49-37-19-25(22-52)1-16-34(37)46-55-40-43(58(46)28-4-10-31(11-5-28)70(61,62)63)41-45(60(30-8-14-33(15-9-30)72(67,68)69)47(56-41)35-17-2-26(23-53)20-38(35)50)42-44(40)59(29-6-12-32(13-7-29)71(64,65)66)48(57-42)36-18-3-27(24-54)21-39(36)51/h1-21H,(H,61,62,63)(H,64,65,66)(H,67,68,69). The quantitative estimate of drug-likeness (QED) is 0.114. The molecule has 0 saturated heterocycles. The molecule has 3 N–H and O–H groups in total. The summed E-state index contributed by atoms with van der Waals surface area (Å²) in [6, 6.07) is 29.5. The first-order chi connectivity index (χ1) is 34.2. The van der Waals surface area contributed by atoms with E-state index in [9.17, 15) is 54.7 Å². The van der Waals surface area contributed by atoms with Crippen molar-refractivity contribution in [2.45, 2.75) is 14.7 Å². The highest BCUT2D eigenvalue weighted by Gasteiger charge is 2.32. The molecule has 3 heterocycles. The van der Waals surface area contributed by atoms with Gasteiger partial charge in [-0.3, -0.25) is 27.4 Å². The van der Waals surface area contributed by atoms with E-state index in [1.165, 1.54) is 86.5 Å². The van der Waals surface area contributed by atoms with E-state index >= 15 is 13.2 Å². The summed E-state index contributed by atoms with van der Waals surface area (Å²) in [7, 11) is -14.4. The molecule has 0 amide bonds. The van der Waals surface area contributed by atoms with Crippen molar-refractivity contribution in [3.8, 4) is 69.4 Å². The molecule has 0 unspecified atom stereocenters. The number of fused-ring (bicyclic) bond motifs is 6. The van der Waals surface area contributed by atoms with Gasteiger partial charge in [0.2, 0.25) is 0 Å². The number of imidazole rings is 3. The normalized spacial score (nSPS) is 12.0. The van der Waals surface area contributed by atoms with Gasteiger partial charge in [0.25, 0.3) is 30.4 Å². The van der Waals surface area contributed by atoms with E-state index in [2.05, 4.69) is 0 Å². The molecule has 0 aliphatic rings. The zero-order chi connectivity index (χ0) is 51.2. The fourth-order valence-corrected chi connectivity index (χ4v) is 9.75. The Labute approximate surface area is 403 Å². The number of aromatic nitrogens is 6. The highest BCUT2D eigenvalue weighted by Crippen LogP contribution is 2.45. The van der Waals surface area contributed by atoms with Crippen LogP contribution in [0.2, 0.25) is 0 Å². The third kappa shape index (κ3) is 7.76. The maximum atomic E-state index is 16.5. The first-order valence-electron chi connectivity index (χ1n) is 20.4. The highest BCUT2D eigenvalue weighted by molar-refractivity contribution is 7.86. The molecule has 0 radical (unpaired) electrons. The fraction of sp³-hybridized carbons (Fsp3) is 0. The van der Waals surface area contributed by atoms with Gasteiger partial charge in [0.1, 0.15) is 68.0 Å². The number of benzene rings is 7. The molecule has 354 valence electrons. The number of nitrogens with zero attached hydrogens (tertiary/aromatic N) is 9. The molecular weight excluding hydrogens is 1000 g/mol. The van der Waals surface area contributed by atoms with Crippen LogP contribution in [-0.4, -0.2) is 67.6 Å². The van der Waals surface area contributed by atoms with Gasteiger partial charge in [-0.05, 0) is 127 Å². The van der Waals surface area contributed by atoms with Crippen LogP contribution in [0.15, 0.2) is 142 Å². The Kier molecular flexibility index (Phi) is 10.9. The second-order valence-corrected chi connectivity index (χ2v) is 20.0. The van der Waals surface area contributed by atoms with Crippen LogP contribution in [0.5, 0.6) is 0 Å². The van der Waals surface area contributed by atoms with Crippen LogP contribution in [0.3, 0.4) is 0 Å². The number of nitriles is 3. The third-order valence-corrected chi connectivity index (χ3v) is 14.1.